The summed E-state index contributed by atoms with van der Waals surface area (Å²) in [6.45, 7) is 1.92. The number of hydrogen-bond acceptors (Lipinski definition) is 5. The number of nitrogens with zero attached hydrogens (tertiary/aromatic N) is 2. The highest BCUT2D eigenvalue weighted by molar-refractivity contribution is 5.80. The highest BCUT2D eigenvalue weighted by Gasteiger charge is 2.34. The lowest BCUT2D eigenvalue weighted by atomic mass is 9.90. The summed E-state index contributed by atoms with van der Waals surface area (Å²) in [5.41, 5.74) is 2.06. The van der Waals surface area contributed by atoms with Gasteiger partial charge in [0.15, 0.2) is 11.5 Å². The van der Waals surface area contributed by atoms with Gasteiger partial charge >= 0.3 is 0 Å². The average Bonchev–Trinajstić information content (AvgIpc) is 3.28. The molecule has 0 spiro atoms. The van der Waals surface area contributed by atoms with Crippen molar-refractivity contribution in [3.8, 4) is 11.5 Å². The predicted octanol–water partition coefficient (Wildman–Crippen LogP) is 1.06. The lowest BCUT2D eigenvalue weighted by Gasteiger charge is -2.17. The Hall–Kier alpha value is -2.54. The molecule has 0 saturated carbocycles. The molecular formula is C18H24N4O3. The van der Waals surface area contributed by atoms with E-state index in [2.05, 4.69) is 15.7 Å². The van der Waals surface area contributed by atoms with Gasteiger partial charge in [-0.05, 0) is 23.3 Å². The molecule has 2 heterocycles. The van der Waals surface area contributed by atoms with Gasteiger partial charge in [-0.1, -0.05) is 6.07 Å². The first-order chi connectivity index (χ1) is 12.1. The van der Waals surface area contributed by atoms with Gasteiger partial charge in [-0.3, -0.25) is 9.48 Å². The van der Waals surface area contributed by atoms with E-state index >= 15 is 0 Å². The zero-order chi connectivity index (χ0) is 17.8. The number of amides is 1. The van der Waals surface area contributed by atoms with Crippen molar-refractivity contribution in [3.05, 3.63) is 41.7 Å². The summed E-state index contributed by atoms with van der Waals surface area (Å²) < 4.78 is 12.3. The van der Waals surface area contributed by atoms with Gasteiger partial charge in [0, 0.05) is 38.8 Å². The van der Waals surface area contributed by atoms with Gasteiger partial charge in [-0.2, -0.15) is 5.10 Å². The number of carbonyl (C=O) groups is 1. The lowest BCUT2D eigenvalue weighted by molar-refractivity contribution is -0.125. The molecule has 1 aromatic carbocycles. The van der Waals surface area contributed by atoms with Crippen molar-refractivity contribution < 1.29 is 14.3 Å². The van der Waals surface area contributed by atoms with Crippen LogP contribution in [0.25, 0.3) is 0 Å². The minimum absolute atomic E-state index is 0.0497. The van der Waals surface area contributed by atoms with Crippen molar-refractivity contribution in [2.45, 2.75) is 12.5 Å². The number of methoxy groups -OCH3 is 2. The molecule has 1 aliphatic heterocycles. The molecule has 1 fully saturated rings. The summed E-state index contributed by atoms with van der Waals surface area (Å²) >= 11 is 0. The molecule has 25 heavy (non-hydrogen) atoms. The van der Waals surface area contributed by atoms with E-state index in [0.29, 0.717) is 24.6 Å². The number of aromatic nitrogens is 2. The van der Waals surface area contributed by atoms with Crippen LogP contribution in [0.4, 0.5) is 0 Å². The van der Waals surface area contributed by atoms with E-state index in [-0.39, 0.29) is 17.7 Å². The van der Waals surface area contributed by atoms with Gasteiger partial charge in [-0.25, -0.2) is 0 Å². The van der Waals surface area contributed by atoms with Crippen LogP contribution in [0.2, 0.25) is 0 Å². The molecule has 1 aromatic heterocycles. The monoisotopic (exact) mass is 344 g/mol. The van der Waals surface area contributed by atoms with E-state index in [1.807, 2.05) is 37.6 Å². The standard InChI is InChI=1S/C18H24N4O3/c1-22-11-13(8-21-22)14-9-19-10-15(14)18(23)20-7-12-4-5-16(24-2)17(6-12)25-3/h4-6,8,11,14-15,19H,7,9-10H2,1-3H3,(H,20,23)/t14-,15+/m1/s1. The maximum Gasteiger partial charge on any atom is 0.225 e. The number of rotatable bonds is 6. The molecule has 2 aromatic rings. The third-order valence-electron chi connectivity index (χ3n) is 4.62. The predicted molar refractivity (Wildman–Crippen MR) is 93.7 cm³/mol. The molecule has 134 valence electrons. The van der Waals surface area contributed by atoms with E-state index in [4.69, 9.17) is 9.47 Å². The zero-order valence-electron chi connectivity index (χ0n) is 14.8. The second kappa shape index (κ2) is 7.57. The molecule has 0 radical (unpaired) electrons. The van der Waals surface area contributed by atoms with E-state index in [1.165, 1.54) is 0 Å². The number of ether oxygens (including phenoxy) is 2. The Morgan fingerprint density at radius 1 is 1.32 bits per heavy atom. The lowest BCUT2D eigenvalue weighted by Crippen LogP contribution is -2.33. The summed E-state index contributed by atoms with van der Waals surface area (Å²) in [6.07, 6.45) is 3.82. The molecule has 1 aliphatic rings. The van der Waals surface area contributed by atoms with E-state index in [0.717, 1.165) is 17.7 Å². The van der Waals surface area contributed by atoms with Gasteiger partial charge in [0.2, 0.25) is 5.91 Å². The normalized spacial score (nSPS) is 19.6. The van der Waals surface area contributed by atoms with Crippen molar-refractivity contribution in [2.75, 3.05) is 27.3 Å². The van der Waals surface area contributed by atoms with Crippen LogP contribution in [0.5, 0.6) is 11.5 Å². The zero-order valence-corrected chi connectivity index (χ0v) is 14.8. The van der Waals surface area contributed by atoms with Crippen molar-refractivity contribution in [1.82, 2.24) is 20.4 Å². The number of aryl methyl sites for hydroxylation is 1. The van der Waals surface area contributed by atoms with Crippen molar-refractivity contribution in [2.24, 2.45) is 13.0 Å². The van der Waals surface area contributed by atoms with Crippen LogP contribution < -0.4 is 20.1 Å². The second-order valence-corrected chi connectivity index (χ2v) is 6.23. The summed E-state index contributed by atoms with van der Waals surface area (Å²) in [4.78, 5) is 12.7. The molecule has 3 rings (SSSR count). The topological polar surface area (TPSA) is 77.4 Å². The molecule has 0 aliphatic carbocycles. The summed E-state index contributed by atoms with van der Waals surface area (Å²) in [6, 6.07) is 5.65. The maximum absolute atomic E-state index is 12.7. The SMILES string of the molecule is COc1ccc(CNC(=O)[C@H]2CNC[C@@H]2c2cnn(C)c2)cc1OC. The first-order valence-electron chi connectivity index (χ1n) is 8.30. The van der Waals surface area contributed by atoms with E-state index in [1.54, 1.807) is 18.9 Å². The Morgan fingerprint density at radius 3 is 2.80 bits per heavy atom. The number of benzene rings is 1. The Kier molecular flexibility index (Phi) is 5.23. The Bertz CT molecular complexity index is 744. The van der Waals surface area contributed by atoms with Crippen molar-refractivity contribution >= 4 is 5.91 Å². The smallest absolute Gasteiger partial charge is 0.225 e. The van der Waals surface area contributed by atoms with Crippen LogP contribution >= 0.6 is 0 Å². The van der Waals surface area contributed by atoms with Gasteiger partial charge in [0.1, 0.15) is 0 Å². The molecule has 1 amide bonds. The highest BCUT2D eigenvalue weighted by Crippen LogP contribution is 2.29. The molecule has 0 unspecified atom stereocenters. The Balaban J connectivity index is 1.64. The average molecular weight is 344 g/mol. The number of nitrogens with one attached hydrogen (secondary N) is 2. The van der Waals surface area contributed by atoms with Gasteiger partial charge in [0.05, 0.1) is 26.3 Å². The van der Waals surface area contributed by atoms with Gasteiger partial charge < -0.3 is 20.1 Å². The number of carbonyl (C=O) groups excluding carboxylic acids is 1. The molecule has 7 nitrogen and oxygen atoms in total. The minimum Gasteiger partial charge on any atom is -0.493 e. The van der Waals surface area contributed by atoms with Crippen LogP contribution in [0.15, 0.2) is 30.6 Å². The van der Waals surface area contributed by atoms with Crippen LogP contribution in [0.3, 0.4) is 0 Å². The Labute approximate surface area is 147 Å². The fourth-order valence-corrected chi connectivity index (χ4v) is 3.25. The quantitative estimate of drug-likeness (QED) is 0.819. The van der Waals surface area contributed by atoms with Crippen LogP contribution in [-0.2, 0) is 18.4 Å². The molecule has 7 heteroatoms. The van der Waals surface area contributed by atoms with Crippen LogP contribution in [0.1, 0.15) is 17.0 Å². The molecule has 2 atom stereocenters. The molecule has 2 N–H and O–H groups in total. The van der Waals surface area contributed by atoms with E-state index < -0.39 is 0 Å². The van der Waals surface area contributed by atoms with Crippen LogP contribution in [-0.4, -0.2) is 43.0 Å². The van der Waals surface area contributed by atoms with Crippen molar-refractivity contribution in [1.29, 1.82) is 0 Å². The molecular weight excluding hydrogens is 320 g/mol. The second-order valence-electron chi connectivity index (χ2n) is 6.23. The summed E-state index contributed by atoms with van der Waals surface area (Å²) in [5, 5.41) is 10.6. The maximum atomic E-state index is 12.7. The van der Waals surface area contributed by atoms with Crippen molar-refractivity contribution in [3.63, 3.8) is 0 Å². The third kappa shape index (κ3) is 3.76. The third-order valence-corrected chi connectivity index (χ3v) is 4.62. The van der Waals surface area contributed by atoms with Crippen LogP contribution in [0, 0.1) is 5.92 Å². The molecule has 1 saturated heterocycles. The fraction of sp³-hybridized carbons (Fsp3) is 0.444. The fourth-order valence-electron chi connectivity index (χ4n) is 3.25. The minimum atomic E-state index is -0.0932. The highest BCUT2D eigenvalue weighted by atomic mass is 16.5. The molecule has 0 bridgehead atoms. The van der Waals surface area contributed by atoms with Gasteiger partial charge in [-0.15, -0.1) is 0 Å². The van der Waals surface area contributed by atoms with Gasteiger partial charge in [0.25, 0.3) is 0 Å². The first kappa shape index (κ1) is 17.3. The Morgan fingerprint density at radius 2 is 2.12 bits per heavy atom. The summed E-state index contributed by atoms with van der Waals surface area (Å²) in [7, 11) is 5.09. The largest absolute Gasteiger partial charge is 0.493 e. The first-order valence-corrected chi connectivity index (χ1v) is 8.30. The van der Waals surface area contributed by atoms with E-state index in [9.17, 15) is 4.79 Å². The summed E-state index contributed by atoms with van der Waals surface area (Å²) in [5.74, 6) is 1.44. The number of hydrogen-bond donors (Lipinski definition) is 2.